The first-order valence-electron chi connectivity index (χ1n) is 9.57. The van der Waals surface area contributed by atoms with Crippen molar-refractivity contribution in [2.24, 2.45) is 0 Å². The zero-order valence-electron chi connectivity index (χ0n) is 16.1. The van der Waals surface area contributed by atoms with Crippen molar-refractivity contribution in [3.8, 4) is 5.75 Å². The fourth-order valence-electron chi connectivity index (χ4n) is 3.57. The molecule has 5 nitrogen and oxygen atoms in total. The van der Waals surface area contributed by atoms with Gasteiger partial charge in [0.2, 0.25) is 0 Å². The monoisotopic (exact) mass is 362 g/mol. The number of piperazine rings is 1. The molecule has 0 N–H and O–H groups in total. The van der Waals surface area contributed by atoms with E-state index in [4.69, 9.17) is 4.74 Å². The minimum absolute atomic E-state index is 0.610. The van der Waals surface area contributed by atoms with E-state index in [1.54, 1.807) is 6.20 Å². The van der Waals surface area contributed by atoms with Crippen LogP contribution in [0.2, 0.25) is 0 Å². The summed E-state index contributed by atoms with van der Waals surface area (Å²) in [5.74, 6) is 1.71. The van der Waals surface area contributed by atoms with Gasteiger partial charge in [-0.25, -0.2) is 9.97 Å². The molecule has 1 aliphatic heterocycles. The molecule has 4 rings (SSSR count). The van der Waals surface area contributed by atoms with Crippen molar-refractivity contribution >= 4 is 16.5 Å². The van der Waals surface area contributed by atoms with Gasteiger partial charge < -0.3 is 14.5 Å². The Morgan fingerprint density at radius 2 is 1.89 bits per heavy atom. The maximum absolute atomic E-state index is 6.03. The van der Waals surface area contributed by atoms with Crippen molar-refractivity contribution < 1.29 is 4.74 Å². The summed E-state index contributed by atoms with van der Waals surface area (Å²) >= 11 is 0. The molecule has 0 unspecified atom stereocenters. The average Bonchev–Trinajstić information content (AvgIpc) is 2.68. The van der Waals surface area contributed by atoms with E-state index in [0.717, 1.165) is 49.9 Å². The lowest BCUT2D eigenvalue weighted by Crippen LogP contribution is -2.44. The Morgan fingerprint density at radius 3 is 2.70 bits per heavy atom. The number of anilines is 1. The molecule has 0 radical (unpaired) electrons. The van der Waals surface area contributed by atoms with E-state index < -0.39 is 0 Å². The summed E-state index contributed by atoms with van der Waals surface area (Å²) in [6, 6.07) is 14.9. The number of aromatic nitrogens is 2. The van der Waals surface area contributed by atoms with Gasteiger partial charge in [0.1, 0.15) is 11.6 Å². The third kappa shape index (κ3) is 4.19. The first-order chi connectivity index (χ1) is 13.2. The second kappa shape index (κ2) is 7.92. The van der Waals surface area contributed by atoms with E-state index in [-0.39, 0.29) is 0 Å². The van der Waals surface area contributed by atoms with Gasteiger partial charge in [0.15, 0.2) is 0 Å². The van der Waals surface area contributed by atoms with Gasteiger partial charge in [0, 0.05) is 55.6 Å². The van der Waals surface area contributed by atoms with Crippen LogP contribution >= 0.6 is 0 Å². The Balaban J connectivity index is 1.50. The minimum atomic E-state index is 0.610. The molecular weight excluding hydrogens is 336 g/mol. The van der Waals surface area contributed by atoms with Crippen molar-refractivity contribution in [3.05, 3.63) is 60.2 Å². The Kier molecular flexibility index (Phi) is 5.21. The Hall–Kier alpha value is -2.66. The van der Waals surface area contributed by atoms with Gasteiger partial charge in [0.05, 0.1) is 6.61 Å². The maximum Gasteiger partial charge on any atom is 0.125 e. The third-order valence-corrected chi connectivity index (χ3v) is 5.14. The smallest absolute Gasteiger partial charge is 0.125 e. The number of likely N-dealkylation sites (N-methyl/N-ethyl adjacent to an activating group) is 1. The van der Waals surface area contributed by atoms with E-state index in [1.165, 1.54) is 16.5 Å². The number of aryl methyl sites for hydroxylation is 1. The summed E-state index contributed by atoms with van der Waals surface area (Å²) in [4.78, 5) is 13.4. The molecular formula is C22H26N4O. The van der Waals surface area contributed by atoms with Crippen LogP contribution in [0.4, 0.5) is 5.69 Å². The van der Waals surface area contributed by atoms with E-state index in [9.17, 15) is 0 Å². The van der Waals surface area contributed by atoms with Crippen LogP contribution in [0.1, 0.15) is 11.5 Å². The van der Waals surface area contributed by atoms with Crippen LogP contribution in [0.5, 0.6) is 5.75 Å². The summed E-state index contributed by atoms with van der Waals surface area (Å²) in [5.41, 5.74) is 2.32. The third-order valence-electron chi connectivity index (χ3n) is 5.14. The van der Waals surface area contributed by atoms with Crippen LogP contribution in [-0.2, 0) is 6.42 Å². The number of rotatable bonds is 5. The van der Waals surface area contributed by atoms with Gasteiger partial charge in [-0.05, 0) is 43.6 Å². The number of fused-ring (bicyclic) bond motifs is 1. The van der Waals surface area contributed by atoms with Gasteiger partial charge in [-0.1, -0.05) is 18.2 Å². The Morgan fingerprint density at radius 1 is 1.04 bits per heavy atom. The fourth-order valence-corrected chi connectivity index (χ4v) is 3.57. The van der Waals surface area contributed by atoms with Crippen LogP contribution in [-0.4, -0.2) is 54.7 Å². The highest BCUT2D eigenvalue weighted by Gasteiger charge is 2.16. The highest BCUT2D eigenvalue weighted by Crippen LogP contribution is 2.30. The standard InChI is InChI=1S/C22H26N4O/c1-17-23-10-8-19(24-17)9-15-27-20-7-6-18-4-3-5-22(21(18)16-20)26-13-11-25(2)12-14-26/h3-8,10,16H,9,11-15H2,1-2H3. The SMILES string of the molecule is Cc1nccc(CCOc2ccc3cccc(N4CCN(C)CC4)c3c2)n1. The average molecular weight is 362 g/mol. The molecule has 5 heteroatoms. The lowest BCUT2D eigenvalue weighted by atomic mass is 10.1. The molecule has 1 saturated heterocycles. The van der Waals surface area contributed by atoms with Crippen molar-refractivity contribution in [2.75, 3.05) is 44.7 Å². The van der Waals surface area contributed by atoms with Gasteiger partial charge in [-0.3, -0.25) is 0 Å². The molecule has 0 atom stereocenters. The van der Waals surface area contributed by atoms with Crippen molar-refractivity contribution in [1.82, 2.24) is 14.9 Å². The molecule has 1 aliphatic rings. The largest absolute Gasteiger partial charge is 0.493 e. The summed E-state index contributed by atoms with van der Waals surface area (Å²) < 4.78 is 6.03. The first kappa shape index (κ1) is 17.7. The molecule has 0 amide bonds. The fraction of sp³-hybridized carbons (Fsp3) is 0.364. The highest BCUT2D eigenvalue weighted by molar-refractivity contribution is 5.95. The van der Waals surface area contributed by atoms with E-state index >= 15 is 0 Å². The van der Waals surface area contributed by atoms with Gasteiger partial charge in [-0.15, -0.1) is 0 Å². The summed E-state index contributed by atoms with van der Waals surface area (Å²) in [6.07, 6.45) is 2.58. The number of benzene rings is 2. The van der Waals surface area contributed by atoms with Crippen molar-refractivity contribution in [3.63, 3.8) is 0 Å². The summed E-state index contributed by atoms with van der Waals surface area (Å²) in [5, 5.41) is 2.52. The number of nitrogens with zero attached hydrogens (tertiary/aromatic N) is 4. The molecule has 0 spiro atoms. The second-order valence-electron chi connectivity index (χ2n) is 7.14. The highest BCUT2D eigenvalue weighted by atomic mass is 16.5. The molecule has 2 heterocycles. The molecule has 2 aromatic carbocycles. The van der Waals surface area contributed by atoms with Gasteiger partial charge >= 0.3 is 0 Å². The van der Waals surface area contributed by atoms with Crippen molar-refractivity contribution in [2.45, 2.75) is 13.3 Å². The molecule has 27 heavy (non-hydrogen) atoms. The molecule has 0 aliphatic carbocycles. The lowest BCUT2D eigenvalue weighted by Gasteiger charge is -2.34. The second-order valence-corrected chi connectivity index (χ2v) is 7.14. The molecule has 0 saturated carbocycles. The van der Waals surface area contributed by atoms with E-state index in [0.29, 0.717) is 6.61 Å². The summed E-state index contributed by atoms with van der Waals surface area (Å²) in [7, 11) is 2.19. The van der Waals surface area contributed by atoms with Crippen LogP contribution in [0.15, 0.2) is 48.7 Å². The van der Waals surface area contributed by atoms with Crippen LogP contribution < -0.4 is 9.64 Å². The number of hydrogen-bond donors (Lipinski definition) is 0. The molecule has 140 valence electrons. The molecule has 3 aromatic rings. The molecule has 1 aromatic heterocycles. The Bertz CT molecular complexity index is 919. The topological polar surface area (TPSA) is 41.5 Å². The number of hydrogen-bond acceptors (Lipinski definition) is 5. The van der Waals surface area contributed by atoms with Crippen LogP contribution in [0.3, 0.4) is 0 Å². The van der Waals surface area contributed by atoms with Crippen LogP contribution in [0.25, 0.3) is 10.8 Å². The lowest BCUT2D eigenvalue weighted by molar-refractivity contribution is 0.313. The van der Waals surface area contributed by atoms with E-state index in [1.807, 2.05) is 13.0 Å². The van der Waals surface area contributed by atoms with Gasteiger partial charge in [-0.2, -0.15) is 0 Å². The summed E-state index contributed by atoms with van der Waals surface area (Å²) in [6.45, 7) is 6.85. The number of ether oxygens (including phenoxy) is 1. The normalized spacial score (nSPS) is 15.3. The van der Waals surface area contributed by atoms with Crippen molar-refractivity contribution in [1.29, 1.82) is 0 Å². The zero-order valence-corrected chi connectivity index (χ0v) is 16.1. The molecule has 0 bridgehead atoms. The predicted octanol–water partition coefficient (Wildman–Crippen LogP) is 3.31. The minimum Gasteiger partial charge on any atom is -0.493 e. The first-order valence-corrected chi connectivity index (χ1v) is 9.57. The molecule has 1 fully saturated rings. The quantitative estimate of drug-likeness (QED) is 0.696. The zero-order chi connectivity index (χ0) is 18.6. The van der Waals surface area contributed by atoms with Gasteiger partial charge in [0.25, 0.3) is 0 Å². The maximum atomic E-state index is 6.03. The van der Waals surface area contributed by atoms with E-state index in [2.05, 4.69) is 63.2 Å². The predicted molar refractivity (Wildman–Crippen MR) is 110 cm³/mol. The Labute approximate surface area is 160 Å². The van der Waals surface area contributed by atoms with Crippen LogP contribution in [0, 0.1) is 6.92 Å².